The van der Waals surface area contributed by atoms with Crippen molar-refractivity contribution >= 4 is 34.8 Å². The van der Waals surface area contributed by atoms with Gasteiger partial charge in [-0.25, -0.2) is 0 Å². The van der Waals surface area contributed by atoms with Gasteiger partial charge < -0.3 is 20.7 Å². The van der Waals surface area contributed by atoms with E-state index in [1.54, 1.807) is 43.5 Å². The van der Waals surface area contributed by atoms with Gasteiger partial charge in [0.25, 0.3) is 5.91 Å². The fraction of sp³-hybridized carbons (Fsp3) is 0.263. The molecular weight excluding hydrogens is 354 g/mol. The number of halogens is 1. The van der Waals surface area contributed by atoms with E-state index >= 15 is 0 Å². The predicted octanol–water partition coefficient (Wildman–Crippen LogP) is 3.16. The van der Waals surface area contributed by atoms with Gasteiger partial charge in [0, 0.05) is 31.5 Å². The summed E-state index contributed by atoms with van der Waals surface area (Å²) in [5.74, 6) is -0.422. The highest BCUT2D eigenvalue weighted by Crippen LogP contribution is 2.20. The maximum absolute atomic E-state index is 12.1. The Morgan fingerprint density at radius 1 is 1.12 bits per heavy atom. The van der Waals surface area contributed by atoms with E-state index in [1.807, 2.05) is 12.1 Å². The molecular formula is C19H22ClN3O3. The largest absolute Gasteiger partial charge is 0.385 e. The molecule has 26 heavy (non-hydrogen) atoms. The summed E-state index contributed by atoms with van der Waals surface area (Å²) in [6, 6.07) is 14.0. The zero-order valence-electron chi connectivity index (χ0n) is 14.5. The Bertz CT molecular complexity index is 752. The minimum Gasteiger partial charge on any atom is -0.385 e. The number of rotatable bonds is 9. The molecule has 0 aliphatic carbocycles. The number of methoxy groups -OCH3 is 1. The van der Waals surface area contributed by atoms with Crippen molar-refractivity contribution < 1.29 is 14.3 Å². The lowest BCUT2D eigenvalue weighted by Gasteiger charge is -2.10. The molecule has 0 atom stereocenters. The topological polar surface area (TPSA) is 79.5 Å². The Hall–Kier alpha value is -2.57. The van der Waals surface area contributed by atoms with Crippen LogP contribution in [0.3, 0.4) is 0 Å². The van der Waals surface area contributed by atoms with E-state index < -0.39 is 0 Å². The molecule has 0 heterocycles. The van der Waals surface area contributed by atoms with Gasteiger partial charge in [-0.1, -0.05) is 29.8 Å². The second kappa shape index (κ2) is 10.4. The number of benzene rings is 2. The molecule has 0 unspecified atom stereocenters. The van der Waals surface area contributed by atoms with Gasteiger partial charge in [-0.15, -0.1) is 0 Å². The minimum atomic E-state index is -0.234. The van der Waals surface area contributed by atoms with Crippen LogP contribution in [0, 0.1) is 0 Å². The molecule has 2 amide bonds. The summed E-state index contributed by atoms with van der Waals surface area (Å²) >= 11 is 6.04. The van der Waals surface area contributed by atoms with E-state index in [0.717, 1.165) is 6.42 Å². The van der Waals surface area contributed by atoms with Crippen molar-refractivity contribution in [3.05, 3.63) is 59.1 Å². The van der Waals surface area contributed by atoms with Crippen molar-refractivity contribution in [1.82, 2.24) is 5.32 Å². The maximum Gasteiger partial charge on any atom is 0.251 e. The molecule has 0 spiro atoms. The van der Waals surface area contributed by atoms with Crippen LogP contribution in [0.25, 0.3) is 0 Å². The molecule has 6 nitrogen and oxygen atoms in total. The number of anilines is 2. The Morgan fingerprint density at radius 3 is 2.69 bits per heavy atom. The van der Waals surface area contributed by atoms with Crippen LogP contribution in [0.2, 0.25) is 5.02 Å². The van der Waals surface area contributed by atoms with Crippen LogP contribution in [-0.4, -0.2) is 38.6 Å². The third-order valence-corrected chi connectivity index (χ3v) is 3.86. The average Bonchev–Trinajstić information content (AvgIpc) is 2.64. The Morgan fingerprint density at radius 2 is 1.92 bits per heavy atom. The third kappa shape index (κ3) is 6.38. The normalized spacial score (nSPS) is 10.2. The monoisotopic (exact) mass is 375 g/mol. The lowest BCUT2D eigenvalue weighted by Crippen LogP contribution is -2.25. The van der Waals surface area contributed by atoms with Gasteiger partial charge in [-0.05, 0) is 36.8 Å². The van der Waals surface area contributed by atoms with Gasteiger partial charge in [-0.3, -0.25) is 9.59 Å². The molecule has 0 radical (unpaired) electrons. The predicted molar refractivity (Wildman–Crippen MR) is 104 cm³/mol. The number of ether oxygens (including phenoxy) is 1. The molecule has 0 aromatic heterocycles. The van der Waals surface area contributed by atoms with Crippen LogP contribution in [-0.2, 0) is 9.53 Å². The van der Waals surface area contributed by atoms with Gasteiger partial charge in [-0.2, -0.15) is 0 Å². The molecule has 0 saturated carbocycles. The molecule has 138 valence electrons. The zero-order valence-corrected chi connectivity index (χ0v) is 15.3. The fourth-order valence-electron chi connectivity index (χ4n) is 2.24. The molecule has 7 heteroatoms. The van der Waals surface area contributed by atoms with Crippen molar-refractivity contribution in [2.75, 3.05) is 37.4 Å². The first kappa shape index (κ1) is 19.8. The van der Waals surface area contributed by atoms with Gasteiger partial charge in [0.1, 0.15) is 0 Å². The number of amides is 2. The second-order valence-electron chi connectivity index (χ2n) is 5.56. The van der Waals surface area contributed by atoms with Gasteiger partial charge in [0.05, 0.1) is 17.3 Å². The van der Waals surface area contributed by atoms with Crippen LogP contribution >= 0.6 is 11.6 Å². The molecule has 0 bridgehead atoms. The second-order valence-corrected chi connectivity index (χ2v) is 5.97. The Balaban J connectivity index is 1.86. The number of carbonyl (C=O) groups excluding carboxylic acids is 2. The number of hydrogen-bond donors (Lipinski definition) is 3. The van der Waals surface area contributed by atoms with E-state index in [2.05, 4.69) is 16.0 Å². The standard InChI is InChI=1S/C19H22ClN3O3/c1-26-11-5-10-21-19(25)14-6-4-7-15(12-14)23-18(24)13-22-17-9-3-2-8-16(17)20/h2-4,6-9,12,22H,5,10-11,13H2,1H3,(H,21,25)(H,23,24). The molecule has 2 rings (SSSR count). The van der Waals surface area contributed by atoms with Crippen LogP contribution in [0.15, 0.2) is 48.5 Å². The summed E-state index contributed by atoms with van der Waals surface area (Å²) in [7, 11) is 1.62. The van der Waals surface area contributed by atoms with E-state index in [9.17, 15) is 9.59 Å². The SMILES string of the molecule is COCCCNC(=O)c1cccc(NC(=O)CNc2ccccc2Cl)c1. The molecule has 3 N–H and O–H groups in total. The van der Waals surface area contributed by atoms with Crippen molar-refractivity contribution in [3.63, 3.8) is 0 Å². The zero-order chi connectivity index (χ0) is 18.8. The smallest absolute Gasteiger partial charge is 0.251 e. The summed E-state index contributed by atoms with van der Waals surface area (Å²) in [5, 5.41) is 9.09. The molecule has 2 aromatic carbocycles. The quantitative estimate of drug-likeness (QED) is 0.588. The summed E-state index contributed by atoms with van der Waals surface area (Å²) in [5.41, 5.74) is 1.73. The first-order valence-corrected chi connectivity index (χ1v) is 8.63. The fourth-order valence-corrected chi connectivity index (χ4v) is 2.45. The average molecular weight is 376 g/mol. The van der Waals surface area contributed by atoms with Gasteiger partial charge >= 0.3 is 0 Å². The Labute approximate surface area is 157 Å². The van der Waals surface area contributed by atoms with Crippen molar-refractivity contribution in [2.24, 2.45) is 0 Å². The van der Waals surface area contributed by atoms with Crippen molar-refractivity contribution in [1.29, 1.82) is 0 Å². The van der Waals surface area contributed by atoms with Crippen molar-refractivity contribution in [2.45, 2.75) is 6.42 Å². The van der Waals surface area contributed by atoms with Crippen LogP contribution in [0.5, 0.6) is 0 Å². The van der Waals surface area contributed by atoms with E-state index in [4.69, 9.17) is 16.3 Å². The van der Waals surface area contributed by atoms with Crippen molar-refractivity contribution in [3.8, 4) is 0 Å². The summed E-state index contributed by atoms with van der Waals surface area (Å²) in [4.78, 5) is 24.2. The van der Waals surface area contributed by atoms with E-state index in [0.29, 0.717) is 35.1 Å². The summed E-state index contributed by atoms with van der Waals surface area (Å²) in [6.07, 6.45) is 0.742. The molecule has 0 saturated heterocycles. The first-order valence-electron chi connectivity index (χ1n) is 8.25. The molecule has 2 aromatic rings. The lowest BCUT2D eigenvalue weighted by molar-refractivity contribution is -0.114. The summed E-state index contributed by atoms with van der Waals surface area (Å²) < 4.78 is 4.94. The minimum absolute atomic E-state index is 0.0666. The van der Waals surface area contributed by atoms with E-state index in [1.165, 1.54) is 0 Å². The Kier molecular flexibility index (Phi) is 7.92. The number of carbonyl (C=O) groups is 2. The number of nitrogens with one attached hydrogen (secondary N) is 3. The van der Waals surface area contributed by atoms with Crippen LogP contribution < -0.4 is 16.0 Å². The van der Waals surface area contributed by atoms with Crippen LogP contribution in [0.1, 0.15) is 16.8 Å². The number of para-hydroxylation sites is 1. The molecule has 0 aliphatic rings. The first-order chi connectivity index (χ1) is 12.6. The molecule has 0 fully saturated rings. The molecule has 0 aliphatic heterocycles. The van der Waals surface area contributed by atoms with Gasteiger partial charge in [0.2, 0.25) is 5.91 Å². The van der Waals surface area contributed by atoms with Gasteiger partial charge in [0.15, 0.2) is 0 Å². The highest BCUT2D eigenvalue weighted by Gasteiger charge is 2.08. The van der Waals surface area contributed by atoms with E-state index in [-0.39, 0.29) is 18.4 Å². The summed E-state index contributed by atoms with van der Waals surface area (Å²) in [6.45, 7) is 1.19. The number of hydrogen-bond acceptors (Lipinski definition) is 4. The highest BCUT2D eigenvalue weighted by atomic mass is 35.5. The third-order valence-electron chi connectivity index (χ3n) is 3.53. The van der Waals surface area contributed by atoms with Crippen LogP contribution in [0.4, 0.5) is 11.4 Å². The lowest BCUT2D eigenvalue weighted by atomic mass is 10.2. The highest BCUT2D eigenvalue weighted by molar-refractivity contribution is 6.33. The maximum atomic E-state index is 12.1.